The van der Waals surface area contributed by atoms with Gasteiger partial charge in [0.1, 0.15) is 22.9 Å². The lowest BCUT2D eigenvalue weighted by Crippen LogP contribution is -2.46. The van der Waals surface area contributed by atoms with Crippen molar-refractivity contribution in [3.63, 3.8) is 0 Å². The van der Waals surface area contributed by atoms with Crippen LogP contribution in [0.25, 0.3) is 21.5 Å². The first-order chi connectivity index (χ1) is 19.4. The highest BCUT2D eigenvalue weighted by molar-refractivity contribution is 7.22. The number of ether oxygens (including phenoxy) is 2. The highest BCUT2D eigenvalue weighted by Gasteiger charge is 2.44. The lowest BCUT2D eigenvalue weighted by atomic mass is 9.99. The van der Waals surface area contributed by atoms with Gasteiger partial charge >= 0.3 is 11.9 Å². The van der Waals surface area contributed by atoms with Crippen molar-refractivity contribution in [2.45, 2.75) is 62.6 Å². The van der Waals surface area contributed by atoms with E-state index in [0.717, 1.165) is 31.7 Å². The van der Waals surface area contributed by atoms with E-state index in [1.54, 1.807) is 12.1 Å². The lowest BCUT2D eigenvalue weighted by molar-refractivity contribution is 0.0202. The first kappa shape index (κ1) is 25.5. The molecule has 2 saturated heterocycles. The van der Waals surface area contributed by atoms with Gasteiger partial charge in [0.15, 0.2) is 16.7 Å². The third-order valence-corrected chi connectivity index (χ3v) is 9.39. The molecule has 0 amide bonds. The van der Waals surface area contributed by atoms with E-state index in [1.165, 1.54) is 18.4 Å². The smallest absolute Gasteiger partial charge is 0.344 e. The van der Waals surface area contributed by atoms with E-state index in [2.05, 4.69) is 15.0 Å². The molecule has 0 N–H and O–H groups in total. The van der Waals surface area contributed by atoms with E-state index in [-0.39, 0.29) is 35.2 Å². The summed E-state index contributed by atoms with van der Waals surface area (Å²) in [6.45, 7) is 0. The molecule has 2 aliphatic heterocycles. The number of esters is 2. The number of methoxy groups -OCH3 is 1. The summed E-state index contributed by atoms with van der Waals surface area (Å²) in [6.07, 6.45) is 4.75. The van der Waals surface area contributed by atoms with Gasteiger partial charge in [-0.1, -0.05) is 46.3 Å². The minimum atomic E-state index is -0.589. The van der Waals surface area contributed by atoms with Gasteiger partial charge in [-0.3, -0.25) is 0 Å². The number of rotatable bonds is 6. The molecule has 7 rings (SSSR count). The number of hydrogen-bond acceptors (Lipinski definition) is 9. The van der Waals surface area contributed by atoms with Crippen LogP contribution < -0.4 is 4.90 Å². The van der Waals surface area contributed by atoms with E-state index in [0.29, 0.717) is 50.3 Å². The van der Waals surface area contributed by atoms with E-state index < -0.39 is 17.8 Å². The summed E-state index contributed by atoms with van der Waals surface area (Å²) < 4.78 is 31.9. The fourth-order valence-corrected chi connectivity index (χ4v) is 7.42. The molecule has 8 nitrogen and oxygen atoms in total. The number of benzene rings is 2. The Morgan fingerprint density at radius 3 is 2.55 bits per heavy atom. The number of halogens is 2. The fraction of sp³-hybridized carbons (Fsp3) is 0.379. The highest BCUT2D eigenvalue weighted by Crippen LogP contribution is 2.46. The molecule has 0 radical (unpaired) electrons. The third-order valence-electron chi connectivity index (χ3n) is 8.04. The van der Waals surface area contributed by atoms with E-state index in [1.807, 2.05) is 18.2 Å². The topological polar surface area (TPSA) is 94.8 Å². The summed E-state index contributed by atoms with van der Waals surface area (Å²) in [6, 6.07) is 10.2. The van der Waals surface area contributed by atoms with Crippen molar-refractivity contribution in [2.75, 3.05) is 12.0 Å². The second-order valence-corrected chi connectivity index (χ2v) is 12.0. The number of nitrogens with zero attached hydrogens (tertiary/aromatic N) is 3. The van der Waals surface area contributed by atoms with Crippen LogP contribution in [0.4, 0.5) is 9.52 Å². The monoisotopic (exact) mass is 581 g/mol. The van der Waals surface area contributed by atoms with Crippen LogP contribution in [0.3, 0.4) is 0 Å². The Morgan fingerprint density at radius 1 is 1.10 bits per heavy atom. The van der Waals surface area contributed by atoms with Gasteiger partial charge in [0.05, 0.1) is 22.4 Å². The molecule has 3 aliphatic rings. The van der Waals surface area contributed by atoms with Gasteiger partial charge < -0.3 is 18.9 Å². The molecular weight excluding hydrogens is 557 g/mol. The molecular formula is C29H25ClFN3O5S. The number of hydrogen-bond donors (Lipinski definition) is 0. The minimum absolute atomic E-state index is 0.105. The zero-order chi connectivity index (χ0) is 27.5. The Labute approximate surface area is 238 Å². The maximum Gasteiger partial charge on any atom is 0.344 e. The molecule has 1 saturated carbocycles. The Morgan fingerprint density at radius 2 is 1.85 bits per heavy atom. The van der Waals surface area contributed by atoms with E-state index >= 15 is 0 Å². The Balaban J connectivity index is 1.12. The van der Waals surface area contributed by atoms with Crippen molar-refractivity contribution >= 4 is 50.2 Å². The van der Waals surface area contributed by atoms with Crippen molar-refractivity contribution in [1.29, 1.82) is 0 Å². The first-order valence-electron chi connectivity index (χ1n) is 13.3. The van der Waals surface area contributed by atoms with E-state index in [4.69, 9.17) is 25.6 Å². The second kappa shape index (κ2) is 9.85. The number of aromatic nitrogens is 2. The van der Waals surface area contributed by atoms with Gasteiger partial charge in [0.2, 0.25) is 0 Å². The molecule has 2 bridgehead atoms. The zero-order valence-electron chi connectivity index (χ0n) is 21.6. The van der Waals surface area contributed by atoms with Gasteiger partial charge in [-0.2, -0.15) is 0 Å². The summed E-state index contributed by atoms with van der Waals surface area (Å²) in [7, 11) is 1.27. The van der Waals surface area contributed by atoms with Gasteiger partial charge in [-0.05, 0) is 43.9 Å². The molecule has 206 valence electrons. The van der Waals surface area contributed by atoms with Crippen LogP contribution in [0.15, 0.2) is 40.9 Å². The molecule has 3 atom stereocenters. The van der Waals surface area contributed by atoms with Crippen LogP contribution >= 0.6 is 22.9 Å². The minimum Gasteiger partial charge on any atom is -0.465 e. The van der Waals surface area contributed by atoms with Gasteiger partial charge in [0.25, 0.3) is 0 Å². The normalized spacial score (nSPS) is 22.1. The van der Waals surface area contributed by atoms with Crippen molar-refractivity contribution in [2.24, 2.45) is 0 Å². The zero-order valence-corrected chi connectivity index (χ0v) is 23.1. The van der Waals surface area contributed by atoms with Crippen molar-refractivity contribution in [1.82, 2.24) is 10.1 Å². The maximum absolute atomic E-state index is 14.8. The number of carbonyl (C=O) groups is 2. The summed E-state index contributed by atoms with van der Waals surface area (Å²) in [5.41, 5.74) is 1.83. The second-order valence-electron chi connectivity index (χ2n) is 10.6. The van der Waals surface area contributed by atoms with Crippen molar-refractivity contribution in [3.8, 4) is 11.3 Å². The average Bonchev–Trinajstić information content (AvgIpc) is 3.44. The molecule has 1 unspecified atom stereocenters. The molecule has 2 aromatic heterocycles. The molecule has 11 heteroatoms. The van der Waals surface area contributed by atoms with Gasteiger partial charge in [-0.15, -0.1) is 0 Å². The number of piperidine rings is 1. The van der Waals surface area contributed by atoms with Crippen LogP contribution in [-0.4, -0.2) is 47.4 Å². The van der Waals surface area contributed by atoms with Crippen molar-refractivity contribution < 1.29 is 28.0 Å². The average molecular weight is 582 g/mol. The van der Waals surface area contributed by atoms with Crippen LogP contribution in [0.5, 0.6) is 0 Å². The lowest BCUT2D eigenvalue weighted by Gasteiger charge is -2.38. The Kier molecular flexibility index (Phi) is 6.27. The summed E-state index contributed by atoms with van der Waals surface area (Å²) in [5, 5.41) is 5.43. The molecule has 40 heavy (non-hydrogen) atoms. The number of thiazole rings is 1. The van der Waals surface area contributed by atoms with Crippen LogP contribution in [0, 0.1) is 5.82 Å². The molecule has 2 aromatic carbocycles. The Bertz CT molecular complexity index is 1640. The molecule has 3 fully saturated rings. The molecule has 1 aliphatic carbocycles. The quantitative estimate of drug-likeness (QED) is 0.230. The summed E-state index contributed by atoms with van der Waals surface area (Å²) in [4.78, 5) is 32.4. The van der Waals surface area contributed by atoms with Crippen molar-refractivity contribution in [3.05, 3.63) is 64.1 Å². The first-order valence-corrected chi connectivity index (χ1v) is 14.5. The highest BCUT2D eigenvalue weighted by atomic mass is 35.5. The number of carbonyl (C=O) groups excluding carboxylic acids is 2. The largest absolute Gasteiger partial charge is 0.465 e. The summed E-state index contributed by atoms with van der Waals surface area (Å²) in [5.74, 6) is -0.834. The third kappa shape index (κ3) is 4.34. The molecule has 0 spiro atoms. The fourth-order valence-electron chi connectivity index (χ4n) is 6.03. The molecule has 4 aromatic rings. The Hall–Kier alpha value is -3.50. The number of anilines is 1. The maximum atomic E-state index is 14.8. The van der Waals surface area contributed by atoms with Gasteiger partial charge in [0, 0.05) is 36.4 Å². The van der Waals surface area contributed by atoms with E-state index in [9.17, 15) is 14.0 Å². The van der Waals surface area contributed by atoms with Gasteiger partial charge in [-0.25, -0.2) is 19.0 Å². The standard InChI is InChI=1S/C29H25ClFN3O5S/c1-37-27(35)15-10-21(31)25-22(11-15)40-29(32-25)34-16-8-9-17(34)13-18(12-16)38-28(36)23-24(19-4-2-3-5-20(19)30)33-39-26(23)14-6-7-14/h2-5,10-11,14,16-18H,6-9,12-13H2,1H3/t16-,17+,18?. The summed E-state index contributed by atoms with van der Waals surface area (Å²) >= 11 is 7.79. The predicted octanol–water partition coefficient (Wildman–Crippen LogP) is 6.76. The number of fused-ring (bicyclic) bond motifs is 3. The molecule has 4 heterocycles. The SMILES string of the molecule is COC(=O)c1cc(F)c2nc(N3[C@@H]4CC[C@H]3CC(OC(=O)c3c(-c5ccccc5Cl)noc3C3CC3)C4)sc2c1. The van der Waals surface area contributed by atoms with Crippen LogP contribution in [0.2, 0.25) is 5.02 Å². The predicted molar refractivity (Wildman–Crippen MR) is 148 cm³/mol. The van der Waals surface area contributed by atoms with Crippen LogP contribution in [-0.2, 0) is 9.47 Å². The van der Waals surface area contributed by atoms with Crippen LogP contribution in [0.1, 0.15) is 70.9 Å².